The molecule has 6 nitrogen and oxygen atoms in total. The second-order valence-corrected chi connectivity index (χ2v) is 8.44. The highest BCUT2D eigenvalue weighted by Gasteiger charge is 2.26. The molecule has 0 bridgehead atoms. The highest BCUT2D eigenvalue weighted by atomic mass is 32.1. The highest BCUT2D eigenvalue weighted by molar-refractivity contribution is 7.13. The number of piperidine rings is 1. The maximum Gasteiger partial charge on any atom is 0.230 e. The van der Waals surface area contributed by atoms with Crippen LogP contribution in [0.25, 0.3) is 0 Å². The predicted molar refractivity (Wildman–Crippen MR) is 111 cm³/mol. The van der Waals surface area contributed by atoms with Crippen LogP contribution >= 0.6 is 11.3 Å². The largest absolute Gasteiger partial charge is 0.379 e. The van der Waals surface area contributed by atoms with Crippen molar-refractivity contribution in [2.45, 2.75) is 25.9 Å². The number of carbonyl (C=O) groups is 1. The van der Waals surface area contributed by atoms with Crippen LogP contribution in [0, 0.1) is 5.92 Å². The molecule has 2 saturated heterocycles. The minimum absolute atomic E-state index is 0.0315. The number of anilines is 1. The van der Waals surface area contributed by atoms with Gasteiger partial charge in [-0.1, -0.05) is 30.3 Å². The normalized spacial score (nSPS) is 21.5. The Morgan fingerprint density at radius 3 is 2.79 bits per heavy atom. The Labute approximate surface area is 170 Å². The molecule has 2 fully saturated rings. The Morgan fingerprint density at radius 1 is 1.14 bits per heavy atom. The van der Waals surface area contributed by atoms with Gasteiger partial charge in [-0.05, 0) is 24.9 Å². The third kappa shape index (κ3) is 5.38. The van der Waals surface area contributed by atoms with Gasteiger partial charge in [0, 0.05) is 38.1 Å². The van der Waals surface area contributed by atoms with Crippen molar-refractivity contribution in [3.8, 4) is 0 Å². The van der Waals surface area contributed by atoms with Crippen LogP contribution in [-0.2, 0) is 22.6 Å². The van der Waals surface area contributed by atoms with Gasteiger partial charge in [0.25, 0.3) is 0 Å². The molecule has 1 N–H and O–H groups in total. The number of likely N-dealkylation sites (tertiary alicyclic amines) is 1. The highest BCUT2D eigenvalue weighted by Crippen LogP contribution is 2.22. The summed E-state index contributed by atoms with van der Waals surface area (Å²) in [6, 6.07) is 10.5. The fourth-order valence-electron chi connectivity index (χ4n) is 3.89. The number of hydrogen-bond donors (Lipinski definition) is 1. The molecule has 1 atom stereocenters. The van der Waals surface area contributed by atoms with E-state index < -0.39 is 0 Å². The number of ether oxygens (including phenoxy) is 1. The zero-order valence-corrected chi connectivity index (χ0v) is 17.0. The molecule has 0 saturated carbocycles. The molecule has 150 valence electrons. The molecule has 4 rings (SSSR count). The molecule has 7 heteroatoms. The van der Waals surface area contributed by atoms with Gasteiger partial charge in [0.2, 0.25) is 5.91 Å². The molecule has 3 heterocycles. The molecular formula is C21H28N4O2S. The lowest BCUT2D eigenvalue weighted by Crippen LogP contribution is -2.40. The standard InChI is InChI=1S/C21H28N4O2S/c26-20(18-7-4-8-25(14-18)13-17-5-2-1-3-6-17)23-21-22-19(16-28-21)15-24-9-11-27-12-10-24/h1-3,5-6,16,18H,4,7-15H2,(H,22,23,26). The second kappa shape index (κ2) is 9.60. The summed E-state index contributed by atoms with van der Waals surface area (Å²) in [5.74, 6) is 0.133. The molecule has 2 aromatic rings. The summed E-state index contributed by atoms with van der Waals surface area (Å²) in [5.41, 5.74) is 2.33. The number of nitrogens with one attached hydrogen (secondary N) is 1. The van der Waals surface area contributed by atoms with Gasteiger partial charge in [-0.3, -0.25) is 14.6 Å². The number of benzene rings is 1. The molecular weight excluding hydrogens is 372 g/mol. The van der Waals surface area contributed by atoms with Crippen molar-refractivity contribution in [2.75, 3.05) is 44.7 Å². The molecule has 0 spiro atoms. The van der Waals surface area contributed by atoms with Crippen molar-refractivity contribution in [1.82, 2.24) is 14.8 Å². The molecule has 0 aliphatic carbocycles. The Morgan fingerprint density at radius 2 is 1.96 bits per heavy atom. The van der Waals surface area contributed by atoms with Gasteiger partial charge in [-0.15, -0.1) is 11.3 Å². The topological polar surface area (TPSA) is 57.7 Å². The first-order valence-electron chi connectivity index (χ1n) is 10.1. The number of hydrogen-bond acceptors (Lipinski definition) is 6. The molecule has 1 unspecified atom stereocenters. The third-order valence-corrected chi connectivity index (χ3v) is 6.20. The Hall–Kier alpha value is -1.80. The van der Waals surface area contributed by atoms with Crippen LogP contribution < -0.4 is 5.32 Å². The van der Waals surface area contributed by atoms with Crippen molar-refractivity contribution in [2.24, 2.45) is 5.92 Å². The average Bonchev–Trinajstić information content (AvgIpc) is 3.16. The molecule has 1 aromatic carbocycles. The van der Waals surface area contributed by atoms with E-state index in [0.29, 0.717) is 5.13 Å². The molecule has 1 amide bonds. The van der Waals surface area contributed by atoms with E-state index in [9.17, 15) is 4.79 Å². The number of nitrogens with zero attached hydrogens (tertiary/aromatic N) is 3. The molecule has 2 aliphatic rings. The lowest BCUT2D eigenvalue weighted by Gasteiger charge is -2.31. The molecule has 2 aliphatic heterocycles. The monoisotopic (exact) mass is 400 g/mol. The van der Waals surface area contributed by atoms with Crippen LogP contribution in [0.15, 0.2) is 35.7 Å². The van der Waals surface area contributed by atoms with Crippen molar-refractivity contribution < 1.29 is 9.53 Å². The van der Waals surface area contributed by atoms with Gasteiger partial charge in [0.1, 0.15) is 0 Å². The van der Waals surface area contributed by atoms with Gasteiger partial charge in [0.05, 0.1) is 24.8 Å². The maximum absolute atomic E-state index is 12.8. The number of thiazole rings is 1. The first-order chi connectivity index (χ1) is 13.8. The zero-order valence-electron chi connectivity index (χ0n) is 16.2. The summed E-state index contributed by atoms with van der Waals surface area (Å²) in [6.45, 7) is 7.06. The van der Waals surface area contributed by atoms with E-state index in [0.717, 1.165) is 71.0 Å². The molecule has 0 radical (unpaired) electrons. The smallest absolute Gasteiger partial charge is 0.230 e. The second-order valence-electron chi connectivity index (χ2n) is 7.58. The number of carbonyl (C=O) groups excluding carboxylic acids is 1. The van der Waals surface area contributed by atoms with E-state index in [2.05, 4.69) is 44.4 Å². The van der Waals surface area contributed by atoms with Crippen LogP contribution in [0.2, 0.25) is 0 Å². The minimum Gasteiger partial charge on any atom is -0.379 e. The van der Waals surface area contributed by atoms with Crippen molar-refractivity contribution in [1.29, 1.82) is 0 Å². The Balaban J connectivity index is 1.28. The average molecular weight is 401 g/mol. The van der Waals surface area contributed by atoms with Gasteiger partial charge in [-0.2, -0.15) is 0 Å². The Bertz CT molecular complexity index is 761. The van der Waals surface area contributed by atoms with Gasteiger partial charge >= 0.3 is 0 Å². The predicted octanol–water partition coefficient (Wildman–Crippen LogP) is 2.83. The van der Waals surface area contributed by atoms with Crippen LogP contribution in [0.5, 0.6) is 0 Å². The third-order valence-electron chi connectivity index (χ3n) is 5.40. The van der Waals surface area contributed by atoms with E-state index in [4.69, 9.17) is 4.74 Å². The number of rotatable bonds is 6. The van der Waals surface area contributed by atoms with Crippen LogP contribution in [0.3, 0.4) is 0 Å². The van der Waals surface area contributed by atoms with Crippen LogP contribution in [0.4, 0.5) is 5.13 Å². The fourth-order valence-corrected chi connectivity index (χ4v) is 4.59. The number of amides is 1. The van der Waals surface area contributed by atoms with E-state index in [1.165, 1.54) is 16.9 Å². The summed E-state index contributed by atoms with van der Waals surface area (Å²) in [4.78, 5) is 22.1. The Kier molecular flexibility index (Phi) is 6.69. The summed E-state index contributed by atoms with van der Waals surface area (Å²) in [7, 11) is 0. The lowest BCUT2D eigenvalue weighted by atomic mass is 9.97. The zero-order chi connectivity index (χ0) is 19.2. The van der Waals surface area contributed by atoms with Crippen LogP contribution in [0.1, 0.15) is 24.1 Å². The first kappa shape index (κ1) is 19.5. The lowest BCUT2D eigenvalue weighted by molar-refractivity contribution is -0.121. The summed E-state index contributed by atoms with van der Waals surface area (Å²) in [5, 5.41) is 5.82. The summed E-state index contributed by atoms with van der Waals surface area (Å²) in [6.07, 6.45) is 2.01. The van der Waals surface area contributed by atoms with Gasteiger partial charge in [0.15, 0.2) is 5.13 Å². The van der Waals surface area contributed by atoms with E-state index in [-0.39, 0.29) is 11.8 Å². The number of aromatic nitrogens is 1. The van der Waals surface area contributed by atoms with Crippen molar-refractivity contribution in [3.63, 3.8) is 0 Å². The van der Waals surface area contributed by atoms with Crippen LogP contribution in [-0.4, -0.2) is 60.1 Å². The summed E-state index contributed by atoms with van der Waals surface area (Å²) < 4.78 is 5.39. The number of morpholine rings is 1. The van der Waals surface area contributed by atoms with E-state index >= 15 is 0 Å². The van der Waals surface area contributed by atoms with E-state index in [1.807, 2.05) is 11.4 Å². The SMILES string of the molecule is O=C(Nc1nc(CN2CCOCC2)cs1)C1CCCN(Cc2ccccc2)C1. The minimum atomic E-state index is 0.0315. The molecule has 1 aromatic heterocycles. The molecule has 28 heavy (non-hydrogen) atoms. The van der Waals surface area contributed by atoms with E-state index in [1.54, 1.807) is 0 Å². The van der Waals surface area contributed by atoms with Gasteiger partial charge in [-0.25, -0.2) is 4.98 Å². The van der Waals surface area contributed by atoms with Crippen molar-refractivity contribution in [3.05, 3.63) is 47.0 Å². The quantitative estimate of drug-likeness (QED) is 0.808. The van der Waals surface area contributed by atoms with Gasteiger partial charge < -0.3 is 10.1 Å². The first-order valence-corrected chi connectivity index (χ1v) is 11.0. The summed E-state index contributed by atoms with van der Waals surface area (Å²) >= 11 is 1.52. The maximum atomic E-state index is 12.8. The fraction of sp³-hybridized carbons (Fsp3) is 0.524. The van der Waals surface area contributed by atoms with Crippen molar-refractivity contribution >= 4 is 22.4 Å².